The number of nitrogens with zero attached hydrogens (tertiary/aromatic N) is 1. The highest BCUT2D eigenvalue weighted by atomic mass is 16.6. The van der Waals surface area contributed by atoms with Crippen molar-refractivity contribution >= 4 is 12.1 Å². The van der Waals surface area contributed by atoms with Gasteiger partial charge in [-0.2, -0.15) is 0 Å². The van der Waals surface area contributed by atoms with Crippen LogP contribution in [0.25, 0.3) is 0 Å². The second-order valence-electron chi connectivity index (χ2n) is 5.74. The lowest BCUT2D eigenvalue weighted by Gasteiger charge is -2.27. The summed E-state index contributed by atoms with van der Waals surface area (Å²) in [6.07, 6.45) is -0.256. The van der Waals surface area contributed by atoms with Crippen molar-refractivity contribution in [3.8, 4) is 0 Å². The molecule has 6 heteroatoms. The Balaban J connectivity index is 2.85. The van der Waals surface area contributed by atoms with Gasteiger partial charge >= 0.3 is 12.1 Å². The maximum absolute atomic E-state index is 11.9. The van der Waals surface area contributed by atoms with Crippen LogP contribution in [0.3, 0.4) is 0 Å². The van der Waals surface area contributed by atoms with Gasteiger partial charge in [-0.15, -0.1) is 0 Å². The monoisotopic (exact) mass is 259 g/mol. The normalized spacial score (nSPS) is 28.3. The zero-order valence-corrected chi connectivity index (χ0v) is 11.3. The van der Waals surface area contributed by atoms with Crippen LogP contribution in [0.2, 0.25) is 0 Å². The molecule has 1 amide bonds. The van der Waals surface area contributed by atoms with Gasteiger partial charge in [0.05, 0.1) is 12.1 Å². The molecule has 2 N–H and O–H groups in total. The molecule has 1 aliphatic rings. The molecule has 18 heavy (non-hydrogen) atoms. The molecule has 0 radical (unpaired) electrons. The van der Waals surface area contributed by atoms with E-state index in [2.05, 4.69) is 0 Å². The smallest absolute Gasteiger partial charge is 0.411 e. The van der Waals surface area contributed by atoms with Gasteiger partial charge in [-0.3, -0.25) is 4.90 Å². The summed E-state index contributed by atoms with van der Waals surface area (Å²) >= 11 is 0. The number of carbonyl (C=O) groups is 2. The van der Waals surface area contributed by atoms with Crippen molar-refractivity contribution in [2.45, 2.75) is 57.8 Å². The first kappa shape index (κ1) is 14.8. The molecule has 1 fully saturated rings. The van der Waals surface area contributed by atoms with Crippen molar-refractivity contribution < 1.29 is 24.5 Å². The van der Waals surface area contributed by atoms with Crippen LogP contribution in [-0.2, 0) is 9.53 Å². The Labute approximate surface area is 107 Å². The summed E-state index contributed by atoms with van der Waals surface area (Å²) < 4.78 is 5.15. The van der Waals surface area contributed by atoms with E-state index in [0.29, 0.717) is 6.42 Å². The minimum absolute atomic E-state index is 0.00458. The standard InChI is InChI=1S/C12H21NO5/c1-5-12(17)6-8(9(14)15)13(7-12)10(16)18-11(2,3)4/h8,17H,5-7H2,1-4H3,(H,14,15)/t8-,12+/m0/s1. The fourth-order valence-corrected chi connectivity index (χ4v) is 1.95. The third kappa shape index (κ3) is 3.35. The predicted molar refractivity (Wildman–Crippen MR) is 64.2 cm³/mol. The van der Waals surface area contributed by atoms with Crippen molar-refractivity contribution in [3.63, 3.8) is 0 Å². The van der Waals surface area contributed by atoms with Crippen LogP contribution in [0.1, 0.15) is 40.5 Å². The molecular weight excluding hydrogens is 238 g/mol. The van der Waals surface area contributed by atoms with Crippen molar-refractivity contribution in [1.82, 2.24) is 4.90 Å². The number of carboxylic acids is 1. The molecule has 1 rings (SSSR count). The molecule has 2 atom stereocenters. The van der Waals surface area contributed by atoms with Crippen LogP contribution in [0.5, 0.6) is 0 Å². The highest BCUT2D eigenvalue weighted by Crippen LogP contribution is 2.31. The maximum Gasteiger partial charge on any atom is 0.411 e. The molecule has 0 spiro atoms. The molecule has 1 saturated heterocycles. The van der Waals surface area contributed by atoms with Crippen LogP contribution >= 0.6 is 0 Å². The summed E-state index contributed by atoms with van der Waals surface area (Å²) in [5.74, 6) is -1.12. The van der Waals surface area contributed by atoms with Crippen molar-refractivity contribution in [1.29, 1.82) is 0 Å². The molecule has 0 aliphatic carbocycles. The first-order valence-corrected chi connectivity index (χ1v) is 6.03. The number of carbonyl (C=O) groups excluding carboxylic acids is 1. The summed E-state index contributed by atoms with van der Waals surface area (Å²) in [6.45, 7) is 6.89. The van der Waals surface area contributed by atoms with E-state index in [1.54, 1.807) is 27.7 Å². The van der Waals surface area contributed by atoms with Crippen LogP contribution in [0.15, 0.2) is 0 Å². The number of ether oxygens (including phenoxy) is 1. The van der Waals surface area contributed by atoms with Gasteiger partial charge in [0.2, 0.25) is 0 Å². The van der Waals surface area contributed by atoms with Crippen molar-refractivity contribution in [2.24, 2.45) is 0 Å². The van der Waals surface area contributed by atoms with Crippen LogP contribution in [0, 0.1) is 0 Å². The Morgan fingerprint density at radius 2 is 2.00 bits per heavy atom. The van der Waals surface area contributed by atoms with E-state index in [4.69, 9.17) is 9.84 Å². The molecule has 0 aromatic rings. The largest absolute Gasteiger partial charge is 0.480 e. The quantitative estimate of drug-likeness (QED) is 0.778. The number of β-amino-alcohol motifs (C(OH)–C–C–N with tert-alkyl or cyclic N) is 1. The van der Waals surface area contributed by atoms with Gasteiger partial charge in [0.25, 0.3) is 0 Å². The number of likely N-dealkylation sites (tertiary alicyclic amines) is 1. The van der Waals surface area contributed by atoms with Gasteiger partial charge in [-0.25, -0.2) is 9.59 Å². The molecule has 1 heterocycles. The Kier molecular flexibility index (Phi) is 3.90. The Hall–Kier alpha value is -1.30. The summed E-state index contributed by atoms with van der Waals surface area (Å²) in [4.78, 5) is 24.1. The van der Waals surface area contributed by atoms with Crippen molar-refractivity contribution in [3.05, 3.63) is 0 Å². The summed E-state index contributed by atoms with van der Waals surface area (Å²) in [5.41, 5.74) is -1.83. The number of amides is 1. The lowest BCUT2D eigenvalue weighted by molar-refractivity contribution is -0.142. The molecule has 1 aliphatic heterocycles. The van der Waals surface area contributed by atoms with E-state index < -0.39 is 29.3 Å². The number of rotatable bonds is 2. The molecule has 0 bridgehead atoms. The van der Waals surface area contributed by atoms with E-state index >= 15 is 0 Å². The first-order chi connectivity index (χ1) is 8.08. The Bertz CT molecular complexity index is 349. The topological polar surface area (TPSA) is 87.1 Å². The summed E-state index contributed by atoms with van der Waals surface area (Å²) in [6, 6.07) is -1.02. The average Bonchev–Trinajstić information content (AvgIpc) is 2.55. The Morgan fingerprint density at radius 1 is 1.44 bits per heavy atom. The van der Waals surface area contributed by atoms with Gasteiger partial charge in [-0.05, 0) is 27.2 Å². The third-order valence-electron chi connectivity index (χ3n) is 2.99. The second kappa shape index (κ2) is 4.76. The fraction of sp³-hybridized carbons (Fsp3) is 0.833. The highest BCUT2D eigenvalue weighted by Gasteiger charge is 2.48. The van der Waals surface area contributed by atoms with Crippen LogP contribution < -0.4 is 0 Å². The average molecular weight is 259 g/mol. The van der Waals surface area contributed by atoms with Gasteiger partial charge in [0.15, 0.2) is 0 Å². The van der Waals surface area contributed by atoms with Crippen LogP contribution in [0.4, 0.5) is 4.79 Å². The summed E-state index contributed by atoms with van der Waals surface area (Å²) in [7, 11) is 0. The zero-order valence-electron chi connectivity index (χ0n) is 11.3. The van der Waals surface area contributed by atoms with Gasteiger partial charge in [-0.1, -0.05) is 6.92 Å². The predicted octanol–water partition coefficient (Wildman–Crippen LogP) is 1.22. The first-order valence-electron chi connectivity index (χ1n) is 6.03. The SMILES string of the molecule is CC[C@@]1(O)C[C@@H](C(=O)O)N(C(=O)OC(C)(C)C)C1. The maximum atomic E-state index is 11.9. The van der Waals surface area contributed by atoms with E-state index in [-0.39, 0.29) is 13.0 Å². The number of hydrogen-bond donors (Lipinski definition) is 2. The molecule has 0 saturated carbocycles. The van der Waals surface area contributed by atoms with Gasteiger partial charge in [0, 0.05) is 6.42 Å². The number of aliphatic carboxylic acids is 1. The minimum atomic E-state index is -1.14. The van der Waals surface area contributed by atoms with E-state index in [0.717, 1.165) is 4.90 Å². The second-order valence-corrected chi connectivity index (χ2v) is 5.74. The highest BCUT2D eigenvalue weighted by molar-refractivity contribution is 5.81. The third-order valence-corrected chi connectivity index (χ3v) is 2.99. The van der Waals surface area contributed by atoms with E-state index in [1.165, 1.54) is 0 Å². The molecule has 6 nitrogen and oxygen atoms in total. The molecule has 0 aromatic heterocycles. The number of hydrogen-bond acceptors (Lipinski definition) is 4. The Morgan fingerprint density at radius 3 is 2.39 bits per heavy atom. The van der Waals surface area contributed by atoms with E-state index in [1.807, 2.05) is 0 Å². The molecule has 0 aromatic carbocycles. The van der Waals surface area contributed by atoms with Gasteiger partial charge < -0.3 is 14.9 Å². The lowest BCUT2D eigenvalue weighted by atomic mass is 9.97. The molecular formula is C12H21NO5. The number of carboxylic acid groups (broad SMARTS) is 1. The van der Waals surface area contributed by atoms with E-state index in [9.17, 15) is 14.7 Å². The molecule has 104 valence electrons. The minimum Gasteiger partial charge on any atom is -0.480 e. The molecule has 0 unspecified atom stereocenters. The van der Waals surface area contributed by atoms with Crippen LogP contribution in [-0.4, -0.2) is 51.0 Å². The van der Waals surface area contributed by atoms with Crippen molar-refractivity contribution in [2.75, 3.05) is 6.54 Å². The lowest BCUT2D eigenvalue weighted by Crippen LogP contribution is -2.44. The number of aliphatic hydroxyl groups is 1. The summed E-state index contributed by atoms with van der Waals surface area (Å²) in [5, 5.41) is 19.2. The zero-order chi connectivity index (χ0) is 14.1. The van der Waals surface area contributed by atoms with Gasteiger partial charge in [0.1, 0.15) is 11.6 Å². The fourth-order valence-electron chi connectivity index (χ4n) is 1.95.